The highest BCUT2D eigenvalue weighted by Gasteiger charge is 2.07. The van der Waals surface area contributed by atoms with Gasteiger partial charge in [-0.25, -0.2) is 4.98 Å². The van der Waals surface area contributed by atoms with Crippen LogP contribution in [0.5, 0.6) is 5.75 Å². The number of carbonyl (C=O) groups excluding carboxylic acids is 1. The third-order valence-electron chi connectivity index (χ3n) is 4.19. The summed E-state index contributed by atoms with van der Waals surface area (Å²) in [5, 5.41) is 2.89. The molecule has 0 aliphatic carbocycles. The van der Waals surface area contributed by atoms with Crippen LogP contribution >= 0.6 is 0 Å². The van der Waals surface area contributed by atoms with E-state index in [0.717, 1.165) is 29.0 Å². The summed E-state index contributed by atoms with van der Waals surface area (Å²) in [5.74, 6) is 0.654. The summed E-state index contributed by atoms with van der Waals surface area (Å²) in [6, 6.07) is 14.1. The zero-order valence-corrected chi connectivity index (χ0v) is 15.1. The third-order valence-corrected chi connectivity index (χ3v) is 4.19. The monoisotopic (exact) mass is 349 g/mol. The lowest BCUT2D eigenvalue weighted by Crippen LogP contribution is -2.28. The first-order chi connectivity index (χ1) is 12.6. The van der Waals surface area contributed by atoms with Gasteiger partial charge < -0.3 is 14.6 Å². The fraction of sp³-hybridized carbons (Fsp3) is 0.238. The number of nitrogens with zero attached hydrogens (tertiary/aromatic N) is 2. The van der Waals surface area contributed by atoms with Crippen molar-refractivity contribution >= 4 is 5.91 Å². The van der Waals surface area contributed by atoms with Crippen LogP contribution in [-0.4, -0.2) is 22.1 Å². The number of ether oxygens (including phenoxy) is 1. The number of aromatic nitrogens is 2. The molecule has 0 unspecified atom stereocenters. The van der Waals surface area contributed by atoms with Gasteiger partial charge in [-0.3, -0.25) is 4.79 Å². The number of carbonyl (C=O) groups is 1. The van der Waals surface area contributed by atoms with Crippen molar-refractivity contribution in [2.45, 2.75) is 26.9 Å². The summed E-state index contributed by atoms with van der Waals surface area (Å²) in [5.41, 5.74) is 4.31. The van der Waals surface area contributed by atoms with Crippen LogP contribution in [0.15, 0.2) is 61.2 Å². The summed E-state index contributed by atoms with van der Waals surface area (Å²) in [6.45, 7) is 5.25. The second kappa shape index (κ2) is 8.34. The minimum absolute atomic E-state index is 0.0183. The molecular weight excluding hydrogens is 326 g/mol. The summed E-state index contributed by atoms with van der Waals surface area (Å²) in [7, 11) is 0. The molecule has 0 spiro atoms. The van der Waals surface area contributed by atoms with Crippen molar-refractivity contribution < 1.29 is 9.53 Å². The van der Waals surface area contributed by atoms with E-state index in [4.69, 9.17) is 4.74 Å². The fourth-order valence-corrected chi connectivity index (χ4v) is 2.77. The van der Waals surface area contributed by atoms with Gasteiger partial charge in [0.25, 0.3) is 5.91 Å². The molecule has 26 heavy (non-hydrogen) atoms. The molecule has 1 aromatic heterocycles. The molecule has 0 atom stereocenters. The minimum Gasteiger partial charge on any atom is -0.483 e. The van der Waals surface area contributed by atoms with E-state index < -0.39 is 0 Å². The molecule has 1 N–H and O–H groups in total. The van der Waals surface area contributed by atoms with E-state index in [0.29, 0.717) is 6.54 Å². The smallest absolute Gasteiger partial charge is 0.258 e. The fourth-order valence-electron chi connectivity index (χ4n) is 2.77. The van der Waals surface area contributed by atoms with Crippen LogP contribution in [0.1, 0.15) is 22.3 Å². The van der Waals surface area contributed by atoms with Crippen LogP contribution in [0.2, 0.25) is 0 Å². The van der Waals surface area contributed by atoms with E-state index in [9.17, 15) is 4.79 Å². The van der Waals surface area contributed by atoms with Gasteiger partial charge in [0.15, 0.2) is 6.61 Å². The van der Waals surface area contributed by atoms with Gasteiger partial charge in [0.2, 0.25) is 0 Å². The van der Waals surface area contributed by atoms with Crippen molar-refractivity contribution in [1.82, 2.24) is 14.9 Å². The number of nitrogens with one attached hydrogen (secondary N) is 1. The number of rotatable bonds is 7. The number of aryl methyl sites for hydroxylation is 2. The van der Waals surface area contributed by atoms with Gasteiger partial charge >= 0.3 is 0 Å². The molecule has 134 valence electrons. The van der Waals surface area contributed by atoms with E-state index in [2.05, 4.69) is 22.4 Å². The van der Waals surface area contributed by atoms with E-state index in [1.165, 1.54) is 5.56 Å². The number of para-hydroxylation sites is 1. The van der Waals surface area contributed by atoms with E-state index in [1.54, 1.807) is 12.5 Å². The number of amides is 1. The van der Waals surface area contributed by atoms with Crippen molar-refractivity contribution in [3.63, 3.8) is 0 Å². The Bertz CT molecular complexity index is 835. The van der Waals surface area contributed by atoms with Crippen molar-refractivity contribution in [2.24, 2.45) is 0 Å². The Morgan fingerprint density at radius 1 is 1.08 bits per heavy atom. The first kappa shape index (κ1) is 17.7. The molecule has 0 bridgehead atoms. The van der Waals surface area contributed by atoms with Gasteiger partial charge in [-0.2, -0.15) is 0 Å². The molecule has 3 rings (SSSR count). The standard InChI is InChI=1S/C21H23N3O2/c1-16-4-3-5-17(2)21(16)26-14-20(25)23-12-18-6-8-19(9-7-18)13-24-11-10-22-15-24/h3-11,15H,12-14H2,1-2H3,(H,23,25). The van der Waals surface area contributed by atoms with Crippen LogP contribution in [-0.2, 0) is 17.9 Å². The van der Waals surface area contributed by atoms with Crippen LogP contribution in [0.3, 0.4) is 0 Å². The van der Waals surface area contributed by atoms with Crippen molar-refractivity contribution in [2.75, 3.05) is 6.61 Å². The molecule has 1 heterocycles. The first-order valence-electron chi connectivity index (χ1n) is 8.61. The topological polar surface area (TPSA) is 56.1 Å². The van der Waals surface area contributed by atoms with Crippen LogP contribution in [0, 0.1) is 13.8 Å². The normalized spacial score (nSPS) is 10.5. The second-order valence-electron chi connectivity index (χ2n) is 6.34. The average molecular weight is 349 g/mol. The summed E-state index contributed by atoms with van der Waals surface area (Å²) in [6.07, 6.45) is 5.50. The van der Waals surface area contributed by atoms with Gasteiger partial charge in [0.05, 0.1) is 6.33 Å². The first-order valence-corrected chi connectivity index (χ1v) is 8.61. The molecule has 0 saturated carbocycles. The summed E-state index contributed by atoms with van der Waals surface area (Å²) >= 11 is 0. The van der Waals surface area contributed by atoms with Crippen LogP contribution in [0.4, 0.5) is 0 Å². The van der Waals surface area contributed by atoms with E-state index >= 15 is 0 Å². The molecule has 0 saturated heterocycles. The molecule has 0 radical (unpaired) electrons. The Kier molecular flexibility index (Phi) is 5.69. The van der Waals surface area contributed by atoms with Gasteiger partial charge in [-0.1, -0.05) is 42.5 Å². The zero-order chi connectivity index (χ0) is 18.4. The van der Waals surface area contributed by atoms with Gasteiger partial charge in [0, 0.05) is 25.5 Å². The Balaban J connectivity index is 1.47. The van der Waals surface area contributed by atoms with Crippen molar-refractivity contribution in [1.29, 1.82) is 0 Å². The van der Waals surface area contributed by atoms with Crippen LogP contribution in [0.25, 0.3) is 0 Å². The highest BCUT2D eigenvalue weighted by atomic mass is 16.5. The van der Waals surface area contributed by atoms with E-state index in [1.807, 2.05) is 54.9 Å². The van der Waals surface area contributed by atoms with E-state index in [-0.39, 0.29) is 12.5 Å². The van der Waals surface area contributed by atoms with Crippen molar-refractivity contribution in [3.8, 4) is 5.75 Å². The number of hydrogen-bond acceptors (Lipinski definition) is 3. The predicted octanol–water partition coefficient (Wildman–Crippen LogP) is 3.24. The Morgan fingerprint density at radius 2 is 1.77 bits per heavy atom. The minimum atomic E-state index is -0.129. The maximum Gasteiger partial charge on any atom is 0.258 e. The molecule has 0 fully saturated rings. The highest BCUT2D eigenvalue weighted by Crippen LogP contribution is 2.22. The zero-order valence-electron chi connectivity index (χ0n) is 15.1. The molecule has 2 aromatic carbocycles. The van der Waals surface area contributed by atoms with Crippen molar-refractivity contribution in [3.05, 3.63) is 83.4 Å². The molecule has 0 aliphatic rings. The van der Waals surface area contributed by atoms with Gasteiger partial charge in [-0.05, 0) is 36.1 Å². The summed E-state index contributed by atoms with van der Waals surface area (Å²) < 4.78 is 7.69. The quantitative estimate of drug-likeness (QED) is 0.712. The Labute approximate surface area is 153 Å². The number of benzene rings is 2. The second-order valence-corrected chi connectivity index (χ2v) is 6.34. The maximum absolute atomic E-state index is 12.0. The molecule has 3 aromatic rings. The molecule has 0 aliphatic heterocycles. The molecule has 5 heteroatoms. The number of imidazole rings is 1. The lowest BCUT2D eigenvalue weighted by Gasteiger charge is -2.12. The number of hydrogen-bond donors (Lipinski definition) is 1. The largest absolute Gasteiger partial charge is 0.483 e. The maximum atomic E-state index is 12.0. The molecular formula is C21H23N3O2. The lowest BCUT2D eigenvalue weighted by molar-refractivity contribution is -0.123. The SMILES string of the molecule is Cc1cccc(C)c1OCC(=O)NCc1ccc(Cn2ccnc2)cc1. The lowest BCUT2D eigenvalue weighted by atomic mass is 10.1. The Morgan fingerprint density at radius 3 is 2.42 bits per heavy atom. The highest BCUT2D eigenvalue weighted by molar-refractivity contribution is 5.77. The summed E-state index contributed by atoms with van der Waals surface area (Å²) in [4.78, 5) is 16.1. The average Bonchev–Trinajstić information content (AvgIpc) is 3.14. The van der Waals surface area contributed by atoms with Crippen LogP contribution < -0.4 is 10.1 Å². The molecule has 1 amide bonds. The van der Waals surface area contributed by atoms with Gasteiger partial charge in [-0.15, -0.1) is 0 Å². The van der Waals surface area contributed by atoms with Gasteiger partial charge in [0.1, 0.15) is 5.75 Å². The Hall–Kier alpha value is -3.08. The predicted molar refractivity (Wildman–Crippen MR) is 101 cm³/mol. The third kappa shape index (κ3) is 4.72. The molecule has 5 nitrogen and oxygen atoms in total.